The Morgan fingerprint density at radius 2 is 2.04 bits per heavy atom. The van der Waals surface area contributed by atoms with Gasteiger partial charge >= 0.3 is 0 Å². The van der Waals surface area contributed by atoms with Crippen molar-refractivity contribution >= 4 is 33.4 Å². The van der Waals surface area contributed by atoms with Crippen molar-refractivity contribution in [2.24, 2.45) is 0 Å². The zero-order valence-electron chi connectivity index (χ0n) is 14.2. The Morgan fingerprint density at radius 1 is 1.28 bits per heavy atom. The maximum Gasteiger partial charge on any atom is 0.211 e. The minimum absolute atomic E-state index is 0.135. The van der Waals surface area contributed by atoms with Gasteiger partial charge in [-0.25, -0.2) is 4.98 Å². The molecule has 0 fully saturated rings. The van der Waals surface area contributed by atoms with Gasteiger partial charge in [0.25, 0.3) is 0 Å². The van der Waals surface area contributed by atoms with Gasteiger partial charge in [-0.1, -0.05) is 42.1 Å². The fraction of sp³-hybridized carbons (Fsp3) is 0.300. The van der Waals surface area contributed by atoms with Crippen LogP contribution in [0.2, 0.25) is 0 Å². The molecular formula is C20H20N2OS2. The van der Waals surface area contributed by atoms with Crippen LogP contribution in [0.1, 0.15) is 30.2 Å². The summed E-state index contributed by atoms with van der Waals surface area (Å²) in [5.41, 5.74) is 3.91. The summed E-state index contributed by atoms with van der Waals surface area (Å²) in [6.07, 6.45) is 4.19. The van der Waals surface area contributed by atoms with E-state index in [1.54, 1.807) is 23.1 Å². The van der Waals surface area contributed by atoms with Crippen LogP contribution in [-0.4, -0.2) is 15.3 Å². The number of nitrogens with zero attached hydrogens (tertiary/aromatic N) is 2. The zero-order chi connectivity index (χ0) is 17.4. The molecule has 0 aliphatic heterocycles. The van der Waals surface area contributed by atoms with Crippen molar-refractivity contribution in [3.05, 3.63) is 63.1 Å². The van der Waals surface area contributed by atoms with Crippen molar-refractivity contribution in [3.8, 4) is 5.69 Å². The van der Waals surface area contributed by atoms with E-state index in [0.29, 0.717) is 5.52 Å². The third kappa shape index (κ3) is 3.07. The van der Waals surface area contributed by atoms with Crippen LogP contribution in [-0.2, 0) is 12.8 Å². The van der Waals surface area contributed by atoms with Crippen LogP contribution in [0, 0.1) is 0 Å². The highest BCUT2D eigenvalue weighted by atomic mass is 32.2. The van der Waals surface area contributed by atoms with Gasteiger partial charge in [0.15, 0.2) is 5.16 Å². The second kappa shape index (κ2) is 6.81. The highest BCUT2D eigenvalue weighted by molar-refractivity contribution is 7.99. The lowest BCUT2D eigenvalue weighted by Gasteiger charge is -2.14. The largest absolute Gasteiger partial charge is 0.287 e. The highest BCUT2D eigenvalue weighted by Crippen LogP contribution is 2.33. The molecular weight excluding hydrogens is 348 g/mol. The van der Waals surface area contributed by atoms with E-state index >= 15 is 0 Å². The minimum atomic E-state index is 0.135. The SMILES string of the molecule is C=C(C)CSc1nc2c(=O)c3c(sc2n1-c1ccccc1)CCCC3. The number of rotatable bonds is 4. The molecule has 0 saturated heterocycles. The van der Waals surface area contributed by atoms with Crippen molar-refractivity contribution in [1.29, 1.82) is 0 Å². The van der Waals surface area contributed by atoms with E-state index in [1.807, 2.05) is 25.1 Å². The monoisotopic (exact) mass is 368 g/mol. The summed E-state index contributed by atoms with van der Waals surface area (Å²) < 4.78 is 2.14. The van der Waals surface area contributed by atoms with Crippen molar-refractivity contribution < 1.29 is 0 Å². The van der Waals surface area contributed by atoms with E-state index in [2.05, 4.69) is 23.3 Å². The summed E-state index contributed by atoms with van der Waals surface area (Å²) in [5, 5.41) is 0.875. The standard InChI is InChI=1S/C20H20N2OS2/c1-13(2)12-24-20-21-17-18(23)15-10-6-7-11-16(15)25-19(17)22(20)14-8-4-3-5-9-14/h3-5,8-9H,1,6-7,10-12H2,2H3. The maximum absolute atomic E-state index is 13.0. The Kier molecular flexibility index (Phi) is 4.52. The van der Waals surface area contributed by atoms with Crippen molar-refractivity contribution in [2.45, 2.75) is 37.8 Å². The predicted molar refractivity (Wildman–Crippen MR) is 107 cm³/mol. The van der Waals surface area contributed by atoms with Crippen LogP contribution in [0.25, 0.3) is 16.0 Å². The van der Waals surface area contributed by atoms with Gasteiger partial charge in [0.1, 0.15) is 10.3 Å². The molecule has 0 bridgehead atoms. The van der Waals surface area contributed by atoms with Crippen LogP contribution in [0.15, 0.2) is 52.4 Å². The molecule has 2 heterocycles. The Bertz CT molecular complexity index is 1000. The first-order valence-corrected chi connectivity index (χ1v) is 10.4. The predicted octanol–water partition coefficient (Wildman–Crippen LogP) is 4.99. The Hall–Kier alpha value is -1.85. The quantitative estimate of drug-likeness (QED) is 0.480. The number of imidazole rings is 1. The molecule has 4 rings (SSSR count). The normalized spacial score (nSPS) is 13.8. The van der Waals surface area contributed by atoms with Gasteiger partial charge in [0.2, 0.25) is 5.43 Å². The summed E-state index contributed by atoms with van der Waals surface area (Å²) in [5.74, 6) is 0.800. The Morgan fingerprint density at radius 3 is 2.80 bits per heavy atom. The average molecular weight is 369 g/mol. The van der Waals surface area contributed by atoms with Gasteiger partial charge in [0.05, 0.1) is 0 Å². The fourth-order valence-corrected chi connectivity index (χ4v) is 5.44. The van der Waals surface area contributed by atoms with E-state index in [0.717, 1.165) is 51.8 Å². The molecule has 1 aliphatic carbocycles. The molecule has 25 heavy (non-hydrogen) atoms. The fourth-order valence-electron chi connectivity index (χ4n) is 3.21. The zero-order valence-corrected chi connectivity index (χ0v) is 15.9. The number of aromatic nitrogens is 2. The summed E-state index contributed by atoms with van der Waals surface area (Å²) >= 11 is 3.39. The number of hydrogen-bond acceptors (Lipinski definition) is 4. The third-order valence-electron chi connectivity index (χ3n) is 4.39. The summed E-state index contributed by atoms with van der Waals surface area (Å²) in [6.45, 7) is 6.01. The van der Waals surface area contributed by atoms with Crippen molar-refractivity contribution in [3.63, 3.8) is 0 Å². The van der Waals surface area contributed by atoms with Gasteiger partial charge in [-0.3, -0.25) is 9.36 Å². The lowest BCUT2D eigenvalue weighted by molar-refractivity contribution is 0.692. The minimum Gasteiger partial charge on any atom is -0.287 e. The van der Waals surface area contributed by atoms with E-state index in [1.165, 1.54) is 11.3 Å². The number of aryl methyl sites for hydroxylation is 1. The first-order valence-electron chi connectivity index (χ1n) is 8.55. The Balaban J connectivity index is 1.98. The molecule has 3 nitrogen and oxygen atoms in total. The van der Waals surface area contributed by atoms with Crippen LogP contribution in [0.3, 0.4) is 0 Å². The molecule has 0 radical (unpaired) electrons. The van der Waals surface area contributed by atoms with E-state index < -0.39 is 0 Å². The average Bonchev–Trinajstić information content (AvgIpc) is 2.99. The van der Waals surface area contributed by atoms with Crippen LogP contribution in [0.5, 0.6) is 0 Å². The van der Waals surface area contributed by atoms with Crippen LogP contribution in [0.4, 0.5) is 0 Å². The molecule has 1 aromatic carbocycles. The number of fused-ring (bicyclic) bond motifs is 2. The van der Waals surface area contributed by atoms with Crippen LogP contribution >= 0.6 is 23.1 Å². The first-order chi connectivity index (χ1) is 12.1. The number of para-hydroxylation sites is 1. The van der Waals surface area contributed by atoms with E-state index in [4.69, 9.17) is 4.98 Å². The van der Waals surface area contributed by atoms with Gasteiger partial charge in [0, 0.05) is 21.9 Å². The second-order valence-electron chi connectivity index (χ2n) is 6.50. The molecule has 0 unspecified atom stereocenters. The first kappa shape index (κ1) is 16.6. The molecule has 0 atom stereocenters. The molecule has 0 saturated carbocycles. The second-order valence-corrected chi connectivity index (χ2v) is 8.53. The summed E-state index contributed by atoms with van der Waals surface area (Å²) in [4.78, 5) is 20.0. The number of thioether (sulfide) groups is 1. The maximum atomic E-state index is 13.0. The molecule has 3 aromatic rings. The van der Waals surface area contributed by atoms with Crippen LogP contribution < -0.4 is 5.43 Å². The lowest BCUT2D eigenvalue weighted by Crippen LogP contribution is -2.15. The molecule has 0 spiro atoms. The van der Waals surface area contributed by atoms with Gasteiger partial charge in [-0.15, -0.1) is 11.3 Å². The third-order valence-corrected chi connectivity index (χ3v) is 6.83. The van der Waals surface area contributed by atoms with E-state index in [-0.39, 0.29) is 5.43 Å². The van der Waals surface area contributed by atoms with Gasteiger partial charge in [-0.2, -0.15) is 0 Å². The molecule has 5 heteroatoms. The summed E-state index contributed by atoms with van der Waals surface area (Å²) in [6, 6.07) is 10.2. The summed E-state index contributed by atoms with van der Waals surface area (Å²) in [7, 11) is 0. The molecule has 0 amide bonds. The topological polar surface area (TPSA) is 34.9 Å². The molecule has 0 N–H and O–H groups in total. The number of benzene rings is 1. The highest BCUT2D eigenvalue weighted by Gasteiger charge is 2.22. The van der Waals surface area contributed by atoms with Gasteiger partial charge < -0.3 is 0 Å². The van der Waals surface area contributed by atoms with Crippen molar-refractivity contribution in [1.82, 2.24) is 9.55 Å². The Labute approximate surface area is 155 Å². The van der Waals surface area contributed by atoms with Gasteiger partial charge in [-0.05, 0) is 44.7 Å². The molecule has 128 valence electrons. The van der Waals surface area contributed by atoms with E-state index in [9.17, 15) is 4.79 Å². The number of hydrogen-bond donors (Lipinski definition) is 0. The molecule has 1 aliphatic rings. The molecule has 2 aromatic heterocycles. The lowest BCUT2D eigenvalue weighted by atomic mass is 9.98. The smallest absolute Gasteiger partial charge is 0.211 e. The van der Waals surface area contributed by atoms with Crippen molar-refractivity contribution in [2.75, 3.05) is 5.75 Å².